The molecule has 4 heterocycles. The van der Waals surface area contributed by atoms with Crippen molar-refractivity contribution in [1.82, 2.24) is 25.1 Å². The third kappa shape index (κ3) is 4.16. The molecule has 2 N–H and O–H groups in total. The van der Waals surface area contributed by atoms with Gasteiger partial charge in [-0.2, -0.15) is 5.10 Å². The van der Waals surface area contributed by atoms with Crippen LogP contribution < -0.4 is 15.5 Å². The van der Waals surface area contributed by atoms with Crippen molar-refractivity contribution in [3.8, 4) is 11.4 Å². The largest absolute Gasteiger partial charge is 0.365 e. The second-order valence-electron chi connectivity index (χ2n) is 7.58. The summed E-state index contributed by atoms with van der Waals surface area (Å²) in [6.45, 7) is 8.63. The number of rotatable bonds is 5. The molecule has 1 aliphatic rings. The molecule has 1 amide bonds. The summed E-state index contributed by atoms with van der Waals surface area (Å²) in [6, 6.07) is 5.88. The maximum Gasteiger partial charge on any atom is 0.252 e. The van der Waals surface area contributed by atoms with Crippen molar-refractivity contribution >= 4 is 17.5 Å². The Morgan fingerprint density at radius 3 is 2.35 bits per heavy atom. The van der Waals surface area contributed by atoms with Gasteiger partial charge >= 0.3 is 0 Å². The molecule has 0 spiro atoms. The van der Waals surface area contributed by atoms with Gasteiger partial charge in [0.1, 0.15) is 5.82 Å². The third-order valence-corrected chi connectivity index (χ3v) is 5.65. The van der Waals surface area contributed by atoms with Gasteiger partial charge in [0, 0.05) is 55.9 Å². The molecule has 160 valence electrons. The summed E-state index contributed by atoms with van der Waals surface area (Å²) < 4.78 is 0. The van der Waals surface area contributed by atoms with Gasteiger partial charge in [0.25, 0.3) is 5.91 Å². The SMILES string of the molecule is CCc1cc(N2CCN(c3nnc(C)c(C)c3C(N)=O)CC2)nc(-c2ccncc2)n1. The van der Waals surface area contributed by atoms with Crippen LogP contribution in [0, 0.1) is 13.8 Å². The second-order valence-corrected chi connectivity index (χ2v) is 7.58. The van der Waals surface area contributed by atoms with Gasteiger partial charge in [0.2, 0.25) is 0 Å². The topological polar surface area (TPSA) is 114 Å². The Kier molecular flexibility index (Phi) is 5.75. The standard InChI is InChI=1S/C22H26N8O/c1-4-17-13-18(26-21(25-17)16-5-7-24-8-6-16)29-9-11-30(12-10-29)22-19(20(23)31)14(2)15(3)27-28-22/h5-8,13H,4,9-12H2,1-3H3,(H2,23,31). The van der Waals surface area contributed by atoms with Crippen LogP contribution in [-0.4, -0.2) is 57.2 Å². The second kappa shape index (κ2) is 8.63. The van der Waals surface area contributed by atoms with Crippen molar-refractivity contribution in [2.75, 3.05) is 36.0 Å². The fourth-order valence-corrected chi connectivity index (χ4v) is 3.72. The van der Waals surface area contributed by atoms with Gasteiger partial charge in [-0.05, 0) is 38.0 Å². The highest BCUT2D eigenvalue weighted by atomic mass is 16.1. The molecular formula is C22H26N8O. The molecule has 31 heavy (non-hydrogen) atoms. The van der Waals surface area contributed by atoms with E-state index in [1.54, 1.807) is 12.4 Å². The first-order valence-electron chi connectivity index (χ1n) is 10.4. The average Bonchev–Trinajstić information content (AvgIpc) is 2.81. The lowest BCUT2D eigenvalue weighted by Crippen LogP contribution is -2.48. The summed E-state index contributed by atoms with van der Waals surface area (Å²) in [5.41, 5.74) is 9.54. The molecule has 9 heteroatoms. The molecule has 1 aliphatic heterocycles. The zero-order chi connectivity index (χ0) is 22.0. The molecule has 3 aromatic heterocycles. The number of nitrogens with zero attached hydrogens (tertiary/aromatic N) is 7. The first-order chi connectivity index (χ1) is 15.0. The van der Waals surface area contributed by atoms with E-state index in [0.29, 0.717) is 36.0 Å². The zero-order valence-electron chi connectivity index (χ0n) is 18.0. The molecular weight excluding hydrogens is 392 g/mol. The maximum atomic E-state index is 12.1. The number of carbonyl (C=O) groups excluding carboxylic acids is 1. The molecule has 0 saturated carbocycles. The normalized spacial score (nSPS) is 14.0. The molecule has 0 atom stereocenters. The van der Waals surface area contributed by atoms with E-state index in [1.165, 1.54) is 0 Å². The quantitative estimate of drug-likeness (QED) is 0.669. The highest BCUT2D eigenvalue weighted by Gasteiger charge is 2.25. The Morgan fingerprint density at radius 1 is 1.03 bits per heavy atom. The first kappa shape index (κ1) is 20.6. The molecule has 9 nitrogen and oxygen atoms in total. The fraction of sp³-hybridized carbons (Fsp3) is 0.364. The number of aromatic nitrogens is 5. The summed E-state index contributed by atoms with van der Waals surface area (Å²) in [4.78, 5) is 29.9. The molecule has 0 aromatic carbocycles. The Bertz CT molecular complexity index is 1090. The summed E-state index contributed by atoms with van der Waals surface area (Å²) in [7, 11) is 0. The number of hydrogen-bond acceptors (Lipinski definition) is 8. The van der Waals surface area contributed by atoms with Crippen molar-refractivity contribution < 1.29 is 4.79 Å². The Hall–Kier alpha value is -3.62. The average molecular weight is 419 g/mol. The third-order valence-electron chi connectivity index (χ3n) is 5.65. The van der Waals surface area contributed by atoms with Gasteiger partial charge in [-0.25, -0.2) is 9.97 Å². The number of anilines is 2. The van der Waals surface area contributed by atoms with E-state index in [1.807, 2.05) is 32.0 Å². The molecule has 0 aliphatic carbocycles. The molecule has 4 rings (SSSR count). The lowest BCUT2D eigenvalue weighted by Gasteiger charge is -2.36. The van der Waals surface area contributed by atoms with Gasteiger partial charge in [-0.1, -0.05) is 6.92 Å². The summed E-state index contributed by atoms with van der Waals surface area (Å²) >= 11 is 0. The van der Waals surface area contributed by atoms with Crippen LogP contribution in [0.5, 0.6) is 0 Å². The van der Waals surface area contributed by atoms with Crippen LogP contribution in [-0.2, 0) is 6.42 Å². The van der Waals surface area contributed by atoms with Gasteiger partial charge in [-0.15, -0.1) is 5.10 Å². The zero-order valence-corrected chi connectivity index (χ0v) is 18.0. The Labute approximate surface area is 181 Å². The lowest BCUT2D eigenvalue weighted by atomic mass is 10.1. The Balaban J connectivity index is 1.57. The van der Waals surface area contributed by atoms with E-state index in [4.69, 9.17) is 10.7 Å². The van der Waals surface area contributed by atoms with Crippen molar-refractivity contribution in [2.24, 2.45) is 5.73 Å². The van der Waals surface area contributed by atoms with Gasteiger partial charge in [0.05, 0.1) is 11.3 Å². The van der Waals surface area contributed by atoms with E-state index in [2.05, 4.69) is 36.9 Å². The van der Waals surface area contributed by atoms with Crippen LogP contribution >= 0.6 is 0 Å². The highest BCUT2D eigenvalue weighted by molar-refractivity contribution is 5.99. The molecule has 3 aromatic rings. The van der Waals surface area contributed by atoms with E-state index in [9.17, 15) is 4.79 Å². The number of carbonyl (C=O) groups is 1. The van der Waals surface area contributed by atoms with Gasteiger partial charge in [-0.3, -0.25) is 9.78 Å². The van der Waals surface area contributed by atoms with Crippen LogP contribution in [0.15, 0.2) is 30.6 Å². The summed E-state index contributed by atoms with van der Waals surface area (Å²) in [5.74, 6) is 1.69. The number of nitrogens with two attached hydrogens (primary N) is 1. The maximum absolute atomic E-state index is 12.1. The predicted octanol–water partition coefficient (Wildman–Crippen LogP) is 1.93. The number of aryl methyl sites for hydroxylation is 2. The molecule has 0 unspecified atom stereocenters. The Morgan fingerprint density at radius 2 is 1.71 bits per heavy atom. The predicted molar refractivity (Wildman–Crippen MR) is 119 cm³/mol. The number of amides is 1. The number of primary amides is 1. The number of hydrogen-bond donors (Lipinski definition) is 1. The first-order valence-corrected chi connectivity index (χ1v) is 10.4. The van der Waals surface area contributed by atoms with E-state index < -0.39 is 5.91 Å². The minimum absolute atomic E-state index is 0.455. The highest BCUT2D eigenvalue weighted by Crippen LogP contribution is 2.25. The molecule has 1 fully saturated rings. The van der Waals surface area contributed by atoms with Crippen LogP contribution in [0.3, 0.4) is 0 Å². The lowest BCUT2D eigenvalue weighted by molar-refractivity contribution is 0.0999. The van der Waals surface area contributed by atoms with Crippen molar-refractivity contribution in [3.63, 3.8) is 0 Å². The van der Waals surface area contributed by atoms with Crippen molar-refractivity contribution in [2.45, 2.75) is 27.2 Å². The molecule has 0 bridgehead atoms. The van der Waals surface area contributed by atoms with Crippen LogP contribution in [0.4, 0.5) is 11.6 Å². The van der Waals surface area contributed by atoms with Crippen LogP contribution in [0.25, 0.3) is 11.4 Å². The van der Waals surface area contributed by atoms with E-state index in [-0.39, 0.29) is 0 Å². The van der Waals surface area contributed by atoms with Crippen LogP contribution in [0.2, 0.25) is 0 Å². The minimum Gasteiger partial charge on any atom is -0.365 e. The fourth-order valence-electron chi connectivity index (χ4n) is 3.72. The number of pyridine rings is 1. The van der Waals surface area contributed by atoms with Gasteiger partial charge < -0.3 is 15.5 Å². The molecule has 0 radical (unpaired) electrons. The van der Waals surface area contributed by atoms with Crippen molar-refractivity contribution in [3.05, 3.63) is 53.1 Å². The summed E-state index contributed by atoms with van der Waals surface area (Å²) in [5, 5.41) is 8.49. The monoisotopic (exact) mass is 418 g/mol. The number of piperazine rings is 1. The van der Waals surface area contributed by atoms with E-state index >= 15 is 0 Å². The van der Waals surface area contributed by atoms with Crippen LogP contribution in [0.1, 0.15) is 34.2 Å². The van der Waals surface area contributed by atoms with E-state index in [0.717, 1.165) is 42.1 Å². The van der Waals surface area contributed by atoms with Crippen molar-refractivity contribution in [1.29, 1.82) is 0 Å². The molecule has 1 saturated heterocycles. The smallest absolute Gasteiger partial charge is 0.252 e. The van der Waals surface area contributed by atoms with Gasteiger partial charge in [0.15, 0.2) is 11.6 Å². The summed E-state index contributed by atoms with van der Waals surface area (Å²) in [6.07, 6.45) is 4.32. The minimum atomic E-state index is -0.474.